The minimum Gasteiger partial charge on any atom is -0.350 e. The molecule has 2 aliphatic heterocycles. The lowest BCUT2D eigenvalue weighted by Crippen LogP contribution is -2.59. The van der Waals surface area contributed by atoms with Crippen LogP contribution in [0.1, 0.15) is 54.9 Å². The maximum atomic E-state index is 13.3. The van der Waals surface area contributed by atoms with E-state index in [4.69, 9.17) is 9.97 Å². The van der Waals surface area contributed by atoms with Gasteiger partial charge in [0.25, 0.3) is 5.91 Å². The highest BCUT2D eigenvalue weighted by molar-refractivity contribution is 5.91. The summed E-state index contributed by atoms with van der Waals surface area (Å²) in [5, 5.41) is 9.39. The summed E-state index contributed by atoms with van der Waals surface area (Å²) >= 11 is 0. The number of fused-ring (bicyclic) bond motifs is 2. The lowest BCUT2D eigenvalue weighted by molar-refractivity contribution is 0.0630. The Bertz CT molecular complexity index is 1400. The van der Waals surface area contributed by atoms with Crippen molar-refractivity contribution in [3.8, 4) is 6.07 Å². The Morgan fingerprint density at radius 2 is 1.84 bits per heavy atom. The van der Waals surface area contributed by atoms with Crippen LogP contribution in [-0.2, 0) is 5.41 Å². The van der Waals surface area contributed by atoms with Crippen molar-refractivity contribution in [1.82, 2.24) is 29.8 Å². The number of aromatic nitrogens is 5. The summed E-state index contributed by atoms with van der Waals surface area (Å²) in [4.78, 5) is 41.0. The SMILES string of the molecule is C[C@@H]1CN(c2ncnc3c2C2(CCC2)CN3c2cc(C#N)ccn2)[C@@H](C)CN1C(=O)c1ncc(F)cn1. The Hall–Kier alpha value is -4.20. The Balaban J connectivity index is 1.33. The number of anilines is 3. The van der Waals surface area contributed by atoms with E-state index >= 15 is 0 Å². The highest BCUT2D eigenvalue weighted by Gasteiger charge is 2.52. The maximum Gasteiger partial charge on any atom is 0.292 e. The van der Waals surface area contributed by atoms with Gasteiger partial charge in [-0.2, -0.15) is 5.26 Å². The molecule has 0 radical (unpaired) electrons. The molecule has 6 rings (SSSR count). The summed E-state index contributed by atoms with van der Waals surface area (Å²) < 4.78 is 13.3. The minimum atomic E-state index is -0.575. The maximum absolute atomic E-state index is 13.3. The summed E-state index contributed by atoms with van der Waals surface area (Å²) in [6.07, 6.45) is 8.50. The van der Waals surface area contributed by atoms with E-state index in [9.17, 15) is 14.4 Å². The quantitative estimate of drug-likeness (QED) is 0.536. The van der Waals surface area contributed by atoms with Crippen molar-refractivity contribution in [2.45, 2.75) is 50.6 Å². The number of rotatable bonds is 3. The number of nitriles is 1. The fraction of sp³-hybridized carbons (Fsp3) is 0.423. The van der Waals surface area contributed by atoms with Crippen molar-refractivity contribution in [1.29, 1.82) is 5.26 Å². The van der Waals surface area contributed by atoms with Gasteiger partial charge in [0.05, 0.1) is 24.0 Å². The zero-order chi connectivity index (χ0) is 25.7. The van der Waals surface area contributed by atoms with E-state index in [0.717, 1.165) is 55.4 Å². The van der Waals surface area contributed by atoms with Crippen LogP contribution in [0.2, 0.25) is 0 Å². The molecule has 1 spiro atoms. The molecule has 188 valence electrons. The molecular weight excluding hydrogens is 473 g/mol. The number of nitrogens with zero attached hydrogens (tertiary/aromatic N) is 9. The third-order valence-corrected chi connectivity index (χ3v) is 7.85. The predicted molar refractivity (Wildman–Crippen MR) is 133 cm³/mol. The Morgan fingerprint density at radius 3 is 2.54 bits per heavy atom. The number of halogens is 1. The van der Waals surface area contributed by atoms with Crippen molar-refractivity contribution in [2.75, 3.05) is 29.4 Å². The molecule has 1 saturated heterocycles. The Kier molecular flexibility index (Phi) is 5.47. The highest BCUT2D eigenvalue weighted by Crippen LogP contribution is 2.56. The van der Waals surface area contributed by atoms with Gasteiger partial charge in [0.1, 0.15) is 23.8 Å². The Morgan fingerprint density at radius 1 is 1.08 bits per heavy atom. The first-order valence-electron chi connectivity index (χ1n) is 12.4. The molecule has 0 N–H and O–H groups in total. The molecule has 37 heavy (non-hydrogen) atoms. The minimum absolute atomic E-state index is 0.00649. The average Bonchev–Trinajstić information content (AvgIpc) is 3.26. The lowest BCUT2D eigenvalue weighted by atomic mass is 9.66. The molecule has 5 heterocycles. The summed E-state index contributed by atoms with van der Waals surface area (Å²) in [7, 11) is 0. The molecular formula is C26H26FN9O. The average molecular weight is 500 g/mol. The standard InChI is InChI=1S/C26H26FN9O/c1-16-13-35(25(37)22-30-10-19(27)11-31-22)17(2)12-34(16)23-21-24(33-15-32-23)36(14-26(21)5-3-6-26)20-8-18(9-28)4-7-29-20/h4,7-8,10-11,15-17H,3,5-6,12-14H2,1-2H3/t16-,17+/m0/s1. The van der Waals surface area contributed by atoms with Crippen molar-refractivity contribution < 1.29 is 9.18 Å². The van der Waals surface area contributed by atoms with Gasteiger partial charge in [-0.15, -0.1) is 0 Å². The van der Waals surface area contributed by atoms with E-state index in [-0.39, 0.29) is 29.2 Å². The lowest BCUT2D eigenvalue weighted by Gasteiger charge is -2.46. The number of carbonyl (C=O) groups excluding carboxylic acids is 1. The second-order valence-electron chi connectivity index (χ2n) is 10.2. The van der Waals surface area contributed by atoms with E-state index in [2.05, 4.69) is 37.7 Å². The zero-order valence-electron chi connectivity index (χ0n) is 20.7. The van der Waals surface area contributed by atoms with E-state index < -0.39 is 5.82 Å². The summed E-state index contributed by atoms with van der Waals surface area (Å²) in [5.41, 5.74) is 1.63. The van der Waals surface area contributed by atoms with Gasteiger partial charge < -0.3 is 14.7 Å². The number of pyridine rings is 1. The van der Waals surface area contributed by atoms with Crippen LogP contribution in [0.5, 0.6) is 0 Å². The molecule has 0 aromatic carbocycles. The summed E-state index contributed by atoms with van der Waals surface area (Å²) in [5.74, 6) is 1.56. The van der Waals surface area contributed by atoms with Gasteiger partial charge in [-0.25, -0.2) is 29.3 Å². The van der Waals surface area contributed by atoms with Gasteiger partial charge in [0, 0.05) is 48.9 Å². The number of carbonyl (C=O) groups is 1. The molecule has 2 atom stereocenters. The molecule has 0 unspecified atom stereocenters. The van der Waals surface area contributed by atoms with Crippen LogP contribution >= 0.6 is 0 Å². The molecule has 1 amide bonds. The van der Waals surface area contributed by atoms with E-state index in [0.29, 0.717) is 24.5 Å². The normalized spacial score (nSPS) is 21.9. The van der Waals surface area contributed by atoms with Crippen molar-refractivity contribution in [2.24, 2.45) is 0 Å². The van der Waals surface area contributed by atoms with Gasteiger partial charge in [-0.3, -0.25) is 4.79 Å². The van der Waals surface area contributed by atoms with Crippen molar-refractivity contribution in [3.63, 3.8) is 0 Å². The number of hydrogen-bond acceptors (Lipinski definition) is 9. The zero-order valence-corrected chi connectivity index (χ0v) is 20.7. The highest BCUT2D eigenvalue weighted by atomic mass is 19.1. The van der Waals surface area contributed by atoms with Gasteiger partial charge >= 0.3 is 0 Å². The van der Waals surface area contributed by atoms with Crippen LogP contribution in [-0.4, -0.2) is 67.4 Å². The number of amides is 1. The van der Waals surface area contributed by atoms with Gasteiger partial charge in [-0.05, 0) is 38.8 Å². The van der Waals surface area contributed by atoms with Crippen molar-refractivity contribution >= 4 is 23.4 Å². The molecule has 1 saturated carbocycles. The number of piperazine rings is 1. The Labute approximate surface area is 213 Å². The van der Waals surface area contributed by atoms with Crippen LogP contribution in [0.25, 0.3) is 0 Å². The largest absolute Gasteiger partial charge is 0.350 e. The first kappa shape index (κ1) is 23.2. The van der Waals surface area contributed by atoms with Gasteiger partial charge in [0.2, 0.25) is 5.82 Å². The molecule has 1 aliphatic carbocycles. The monoisotopic (exact) mass is 499 g/mol. The molecule has 2 fully saturated rings. The molecule has 11 heteroatoms. The molecule has 3 aromatic rings. The summed E-state index contributed by atoms with van der Waals surface area (Å²) in [6, 6.07) is 5.54. The fourth-order valence-corrected chi connectivity index (χ4v) is 5.81. The van der Waals surface area contributed by atoms with Gasteiger partial charge in [-0.1, -0.05) is 6.42 Å². The first-order valence-corrected chi connectivity index (χ1v) is 12.4. The molecule has 0 bridgehead atoms. The molecule has 3 aromatic heterocycles. The summed E-state index contributed by atoms with van der Waals surface area (Å²) in [6.45, 7) is 5.85. The first-order chi connectivity index (χ1) is 17.9. The third kappa shape index (κ3) is 3.75. The van der Waals surface area contributed by atoms with E-state index in [1.54, 1.807) is 29.6 Å². The van der Waals surface area contributed by atoms with Crippen LogP contribution in [0.15, 0.2) is 37.1 Å². The topological polar surface area (TPSA) is 115 Å². The van der Waals surface area contributed by atoms with Crippen LogP contribution in [0.3, 0.4) is 0 Å². The van der Waals surface area contributed by atoms with Gasteiger partial charge in [0.15, 0.2) is 5.82 Å². The third-order valence-electron chi connectivity index (χ3n) is 7.85. The molecule has 10 nitrogen and oxygen atoms in total. The smallest absolute Gasteiger partial charge is 0.292 e. The van der Waals surface area contributed by atoms with Crippen molar-refractivity contribution in [3.05, 3.63) is 59.8 Å². The van der Waals surface area contributed by atoms with Crippen LogP contribution in [0.4, 0.5) is 21.8 Å². The fourth-order valence-electron chi connectivity index (χ4n) is 5.81. The number of hydrogen-bond donors (Lipinski definition) is 0. The second-order valence-corrected chi connectivity index (χ2v) is 10.2. The van der Waals surface area contributed by atoms with E-state index in [1.807, 2.05) is 6.92 Å². The predicted octanol–water partition coefficient (Wildman–Crippen LogP) is 2.99. The second kappa shape index (κ2) is 8.73. The molecule has 3 aliphatic rings. The van der Waals surface area contributed by atoms with Crippen LogP contribution in [0, 0.1) is 17.1 Å². The van der Waals surface area contributed by atoms with E-state index in [1.165, 1.54) is 0 Å². The van der Waals surface area contributed by atoms with Crippen LogP contribution < -0.4 is 9.80 Å².